The molecule has 0 aromatic carbocycles. The largest absolute Gasteiger partial charge is 0.340 e. The number of hydrogen-bond donors (Lipinski definition) is 1. The van der Waals surface area contributed by atoms with Crippen molar-refractivity contribution < 1.29 is 9.59 Å². The van der Waals surface area contributed by atoms with Gasteiger partial charge < -0.3 is 10.2 Å². The summed E-state index contributed by atoms with van der Waals surface area (Å²) in [5.74, 6) is -0.0616. The maximum atomic E-state index is 12.2. The van der Waals surface area contributed by atoms with E-state index >= 15 is 0 Å². The van der Waals surface area contributed by atoms with Gasteiger partial charge in [-0.15, -0.1) is 0 Å². The first-order valence-electron chi connectivity index (χ1n) is 5.74. The molecule has 0 aromatic heterocycles. The zero-order valence-electron chi connectivity index (χ0n) is 11.0. The number of nitrogens with one attached hydrogen (secondary N) is 1. The number of amides is 2. The van der Waals surface area contributed by atoms with Crippen molar-refractivity contribution in [2.75, 3.05) is 6.54 Å². The lowest BCUT2D eigenvalue weighted by Gasteiger charge is -2.47. The highest BCUT2D eigenvalue weighted by Gasteiger charge is 2.48. The highest BCUT2D eigenvalue weighted by Crippen LogP contribution is 2.29. The number of piperazine rings is 1. The molecule has 1 heterocycles. The SMILES string of the molecule is CCN1C(=O)C(C)(C)NC(=O)C1C(C)(C)C. The summed E-state index contributed by atoms with van der Waals surface area (Å²) >= 11 is 0. The molecule has 0 saturated carbocycles. The Labute approximate surface area is 97.4 Å². The van der Waals surface area contributed by atoms with Crippen molar-refractivity contribution in [2.45, 2.75) is 53.1 Å². The Morgan fingerprint density at radius 2 is 1.81 bits per heavy atom. The lowest BCUT2D eigenvalue weighted by atomic mass is 9.81. The average Bonchev–Trinajstić information content (AvgIpc) is 2.07. The molecule has 0 aromatic rings. The van der Waals surface area contributed by atoms with Gasteiger partial charge in [-0.2, -0.15) is 0 Å². The van der Waals surface area contributed by atoms with E-state index in [1.807, 2.05) is 27.7 Å². The molecule has 0 aliphatic carbocycles. The highest BCUT2D eigenvalue weighted by atomic mass is 16.2. The Morgan fingerprint density at radius 1 is 1.31 bits per heavy atom. The minimum Gasteiger partial charge on any atom is -0.340 e. The predicted molar refractivity (Wildman–Crippen MR) is 62.9 cm³/mol. The molecule has 4 heteroatoms. The van der Waals surface area contributed by atoms with Crippen LogP contribution in [0.3, 0.4) is 0 Å². The van der Waals surface area contributed by atoms with Gasteiger partial charge in [0.25, 0.3) is 0 Å². The summed E-state index contributed by atoms with van der Waals surface area (Å²) in [5, 5.41) is 2.80. The molecular weight excluding hydrogens is 204 g/mol. The van der Waals surface area contributed by atoms with E-state index in [0.29, 0.717) is 6.54 Å². The van der Waals surface area contributed by atoms with Crippen LogP contribution in [-0.2, 0) is 9.59 Å². The minimum absolute atomic E-state index is 0.00507. The number of carbonyl (C=O) groups excluding carboxylic acids is 2. The molecule has 4 nitrogen and oxygen atoms in total. The van der Waals surface area contributed by atoms with Crippen molar-refractivity contribution in [3.63, 3.8) is 0 Å². The molecule has 92 valence electrons. The lowest BCUT2D eigenvalue weighted by Crippen LogP contribution is -2.70. The van der Waals surface area contributed by atoms with E-state index in [9.17, 15) is 9.59 Å². The summed E-state index contributed by atoms with van der Waals surface area (Å²) < 4.78 is 0. The van der Waals surface area contributed by atoms with Crippen LogP contribution in [-0.4, -0.2) is 34.8 Å². The van der Waals surface area contributed by atoms with Crippen LogP contribution in [0.1, 0.15) is 41.5 Å². The number of nitrogens with zero attached hydrogens (tertiary/aromatic N) is 1. The molecule has 1 unspecified atom stereocenters. The van der Waals surface area contributed by atoms with Crippen molar-refractivity contribution in [3.8, 4) is 0 Å². The van der Waals surface area contributed by atoms with Gasteiger partial charge in [0.05, 0.1) is 0 Å². The van der Waals surface area contributed by atoms with Crippen LogP contribution in [0, 0.1) is 5.41 Å². The third-order valence-electron chi connectivity index (χ3n) is 2.95. The number of hydrogen-bond acceptors (Lipinski definition) is 2. The molecule has 16 heavy (non-hydrogen) atoms. The average molecular weight is 226 g/mol. The Hall–Kier alpha value is -1.06. The van der Waals surface area contributed by atoms with Gasteiger partial charge in [0, 0.05) is 6.54 Å². The van der Waals surface area contributed by atoms with Crippen LogP contribution in [0.2, 0.25) is 0 Å². The Bertz CT molecular complexity index is 315. The maximum Gasteiger partial charge on any atom is 0.248 e. The molecule has 0 radical (unpaired) electrons. The molecule has 1 N–H and O–H groups in total. The van der Waals surface area contributed by atoms with Gasteiger partial charge in [-0.1, -0.05) is 20.8 Å². The number of carbonyl (C=O) groups is 2. The summed E-state index contributed by atoms with van der Waals surface area (Å²) in [5.41, 5.74) is -1.03. The van der Waals surface area contributed by atoms with Gasteiger partial charge in [0.1, 0.15) is 11.6 Å². The molecule has 2 amide bonds. The van der Waals surface area contributed by atoms with Crippen LogP contribution in [0.25, 0.3) is 0 Å². The van der Waals surface area contributed by atoms with Crippen LogP contribution in [0.5, 0.6) is 0 Å². The molecule has 1 rings (SSSR count). The second kappa shape index (κ2) is 3.75. The Balaban J connectivity index is 3.13. The van der Waals surface area contributed by atoms with E-state index in [1.165, 1.54) is 0 Å². The zero-order valence-corrected chi connectivity index (χ0v) is 11.0. The Kier molecular flexibility index (Phi) is 3.05. The summed E-state index contributed by atoms with van der Waals surface area (Å²) in [7, 11) is 0. The summed E-state index contributed by atoms with van der Waals surface area (Å²) in [4.78, 5) is 25.9. The monoisotopic (exact) mass is 226 g/mol. The quantitative estimate of drug-likeness (QED) is 0.729. The first-order valence-corrected chi connectivity index (χ1v) is 5.74. The molecule has 0 bridgehead atoms. The molecule has 1 saturated heterocycles. The van der Waals surface area contributed by atoms with Gasteiger partial charge >= 0.3 is 0 Å². The first-order chi connectivity index (χ1) is 7.11. The van der Waals surface area contributed by atoms with Crippen LogP contribution in [0.15, 0.2) is 0 Å². The summed E-state index contributed by atoms with van der Waals surface area (Å²) in [6.07, 6.45) is 0. The van der Waals surface area contributed by atoms with Gasteiger partial charge in [-0.05, 0) is 26.2 Å². The van der Waals surface area contributed by atoms with Crippen LogP contribution < -0.4 is 5.32 Å². The fraction of sp³-hybridized carbons (Fsp3) is 0.833. The number of rotatable bonds is 1. The standard InChI is InChI=1S/C12H22N2O2/c1-7-14-8(11(2,3)4)9(15)13-12(5,6)10(14)16/h8H,7H2,1-6H3,(H,13,15). The topological polar surface area (TPSA) is 49.4 Å². The van der Waals surface area contributed by atoms with E-state index in [0.717, 1.165) is 0 Å². The van der Waals surface area contributed by atoms with Crippen molar-refractivity contribution in [1.29, 1.82) is 0 Å². The van der Waals surface area contributed by atoms with Gasteiger partial charge in [-0.3, -0.25) is 9.59 Å². The van der Waals surface area contributed by atoms with Gasteiger partial charge in [-0.25, -0.2) is 0 Å². The minimum atomic E-state index is -0.783. The maximum absolute atomic E-state index is 12.2. The molecule has 1 aliphatic rings. The van der Waals surface area contributed by atoms with E-state index in [4.69, 9.17) is 0 Å². The summed E-state index contributed by atoms with van der Waals surface area (Å²) in [6.45, 7) is 11.9. The van der Waals surface area contributed by atoms with E-state index in [2.05, 4.69) is 5.32 Å². The summed E-state index contributed by atoms with van der Waals surface area (Å²) in [6, 6.07) is -0.377. The highest BCUT2D eigenvalue weighted by molar-refractivity contribution is 5.99. The lowest BCUT2D eigenvalue weighted by molar-refractivity contribution is -0.157. The molecule has 0 spiro atoms. The predicted octanol–water partition coefficient (Wildman–Crippen LogP) is 1.16. The third kappa shape index (κ3) is 2.06. The van der Waals surface area contributed by atoms with Crippen molar-refractivity contribution >= 4 is 11.8 Å². The fourth-order valence-corrected chi connectivity index (χ4v) is 2.23. The second-order valence-electron chi connectivity index (χ2n) is 5.97. The smallest absolute Gasteiger partial charge is 0.248 e. The first kappa shape index (κ1) is 13.0. The Morgan fingerprint density at radius 3 is 2.19 bits per heavy atom. The van der Waals surface area contributed by atoms with E-state index in [1.54, 1.807) is 18.7 Å². The fourth-order valence-electron chi connectivity index (χ4n) is 2.23. The van der Waals surface area contributed by atoms with E-state index in [-0.39, 0.29) is 23.3 Å². The van der Waals surface area contributed by atoms with Gasteiger partial charge in [0.2, 0.25) is 11.8 Å². The molecule has 1 fully saturated rings. The molecule has 1 atom stereocenters. The second-order valence-corrected chi connectivity index (χ2v) is 5.97. The molecular formula is C12H22N2O2. The number of likely N-dealkylation sites (N-methyl/N-ethyl adjacent to an activating group) is 1. The zero-order chi connectivity index (χ0) is 12.7. The van der Waals surface area contributed by atoms with Crippen LogP contribution in [0.4, 0.5) is 0 Å². The van der Waals surface area contributed by atoms with E-state index < -0.39 is 5.54 Å². The van der Waals surface area contributed by atoms with Crippen molar-refractivity contribution in [3.05, 3.63) is 0 Å². The van der Waals surface area contributed by atoms with Gasteiger partial charge in [0.15, 0.2) is 0 Å². The van der Waals surface area contributed by atoms with Crippen molar-refractivity contribution in [2.24, 2.45) is 5.41 Å². The third-order valence-corrected chi connectivity index (χ3v) is 2.95. The van der Waals surface area contributed by atoms with Crippen molar-refractivity contribution in [1.82, 2.24) is 10.2 Å². The normalized spacial score (nSPS) is 25.6. The molecule has 1 aliphatic heterocycles. The van der Waals surface area contributed by atoms with Crippen LogP contribution >= 0.6 is 0 Å².